The van der Waals surface area contributed by atoms with Gasteiger partial charge in [0.2, 0.25) is 0 Å². The quantitative estimate of drug-likeness (QED) is 0.898. The van der Waals surface area contributed by atoms with Crippen molar-refractivity contribution in [2.75, 3.05) is 19.7 Å². The summed E-state index contributed by atoms with van der Waals surface area (Å²) in [6.07, 6.45) is 0. The van der Waals surface area contributed by atoms with Crippen LogP contribution in [0.5, 0.6) is 0 Å². The highest BCUT2D eigenvalue weighted by Crippen LogP contribution is 2.33. The molecule has 0 spiro atoms. The molecule has 0 saturated carbocycles. The van der Waals surface area contributed by atoms with E-state index in [2.05, 4.69) is 13.8 Å². The number of aliphatic hydroxyl groups excluding tert-OH is 1. The lowest BCUT2D eigenvalue weighted by Gasteiger charge is -2.46. The molecule has 0 radical (unpaired) electrons. The molecular weight excluding hydrogens is 234 g/mol. The summed E-state index contributed by atoms with van der Waals surface area (Å²) in [6.45, 7) is 7.70. The van der Waals surface area contributed by atoms with Crippen LogP contribution in [-0.2, 0) is 0 Å². The Labute approximate surface area is 106 Å². The molecule has 0 aromatic carbocycles. The van der Waals surface area contributed by atoms with Gasteiger partial charge in [-0.1, -0.05) is 20.8 Å². The lowest BCUT2D eigenvalue weighted by Crippen LogP contribution is -2.58. The van der Waals surface area contributed by atoms with Crippen LogP contribution in [-0.4, -0.2) is 35.6 Å². The van der Waals surface area contributed by atoms with Crippen LogP contribution in [0.15, 0.2) is 11.4 Å². The maximum absolute atomic E-state index is 12.3. The zero-order valence-electron chi connectivity index (χ0n) is 10.6. The number of hydrogen-bond donors (Lipinski definition) is 1. The second kappa shape index (κ2) is 4.42. The van der Waals surface area contributed by atoms with E-state index in [1.54, 1.807) is 0 Å². The van der Waals surface area contributed by atoms with Crippen molar-refractivity contribution in [2.45, 2.75) is 26.7 Å². The molecule has 1 amide bonds. The van der Waals surface area contributed by atoms with Crippen molar-refractivity contribution in [3.8, 4) is 0 Å². The van der Waals surface area contributed by atoms with E-state index < -0.39 is 0 Å². The maximum atomic E-state index is 12.3. The molecule has 1 aromatic rings. The number of rotatable bonds is 3. The van der Waals surface area contributed by atoms with Crippen molar-refractivity contribution in [3.05, 3.63) is 21.9 Å². The van der Waals surface area contributed by atoms with Gasteiger partial charge in [0.05, 0.1) is 11.5 Å². The summed E-state index contributed by atoms with van der Waals surface area (Å²) < 4.78 is 0. The van der Waals surface area contributed by atoms with Crippen LogP contribution in [0.2, 0.25) is 0 Å². The Hall–Kier alpha value is -0.870. The van der Waals surface area contributed by atoms with Crippen molar-refractivity contribution in [1.29, 1.82) is 0 Å². The number of amides is 1. The predicted octanol–water partition coefficient (Wildman–Crippen LogP) is 2.33. The van der Waals surface area contributed by atoms with Crippen LogP contribution in [0.1, 0.15) is 41.9 Å². The highest BCUT2D eigenvalue weighted by atomic mass is 32.1. The molecule has 0 bridgehead atoms. The summed E-state index contributed by atoms with van der Waals surface area (Å²) in [6, 6.07) is 2.04. The molecule has 1 aromatic heterocycles. The molecule has 94 valence electrons. The first-order chi connectivity index (χ1) is 7.97. The van der Waals surface area contributed by atoms with Crippen molar-refractivity contribution >= 4 is 17.2 Å². The molecule has 0 atom stereocenters. The Balaban J connectivity index is 2.09. The van der Waals surface area contributed by atoms with E-state index in [-0.39, 0.29) is 17.9 Å². The smallest absolute Gasteiger partial charge is 0.264 e. The minimum atomic E-state index is -0.0923. The fourth-order valence-corrected chi connectivity index (χ4v) is 3.23. The van der Waals surface area contributed by atoms with Crippen LogP contribution in [0, 0.1) is 5.41 Å². The highest BCUT2D eigenvalue weighted by Gasteiger charge is 2.41. The Bertz CT molecular complexity index is 419. The number of nitrogens with zero attached hydrogens (tertiary/aromatic N) is 1. The van der Waals surface area contributed by atoms with Gasteiger partial charge in [0, 0.05) is 18.5 Å². The van der Waals surface area contributed by atoms with E-state index in [1.165, 1.54) is 11.3 Å². The molecule has 0 aliphatic carbocycles. The van der Waals surface area contributed by atoms with E-state index in [0.717, 1.165) is 10.4 Å². The Morgan fingerprint density at radius 1 is 1.59 bits per heavy atom. The molecule has 0 unspecified atom stereocenters. The number of aliphatic hydroxyl groups is 1. The number of thiophene rings is 1. The van der Waals surface area contributed by atoms with Crippen LogP contribution < -0.4 is 0 Å². The highest BCUT2D eigenvalue weighted by molar-refractivity contribution is 7.12. The van der Waals surface area contributed by atoms with Crippen molar-refractivity contribution in [3.63, 3.8) is 0 Å². The molecular formula is C13H19NO2S. The van der Waals surface area contributed by atoms with E-state index in [4.69, 9.17) is 0 Å². The van der Waals surface area contributed by atoms with Crippen molar-refractivity contribution in [2.24, 2.45) is 5.41 Å². The lowest BCUT2D eigenvalue weighted by atomic mass is 9.82. The topological polar surface area (TPSA) is 40.5 Å². The number of hydrogen-bond acceptors (Lipinski definition) is 3. The largest absolute Gasteiger partial charge is 0.396 e. The number of carbonyl (C=O) groups is 1. The molecule has 2 rings (SSSR count). The van der Waals surface area contributed by atoms with Crippen LogP contribution in [0.3, 0.4) is 0 Å². The first-order valence-corrected chi connectivity index (χ1v) is 6.82. The third kappa shape index (κ3) is 2.24. The molecule has 2 heterocycles. The fraction of sp³-hybridized carbons (Fsp3) is 0.615. The van der Waals surface area contributed by atoms with Gasteiger partial charge in [-0.25, -0.2) is 0 Å². The van der Waals surface area contributed by atoms with E-state index in [9.17, 15) is 9.90 Å². The first kappa shape index (κ1) is 12.6. The van der Waals surface area contributed by atoms with Gasteiger partial charge in [-0.15, -0.1) is 11.3 Å². The zero-order chi connectivity index (χ0) is 12.6. The number of carbonyl (C=O) groups excluding carboxylic acids is 1. The van der Waals surface area contributed by atoms with Gasteiger partial charge in [0.1, 0.15) is 0 Å². The van der Waals surface area contributed by atoms with Crippen LogP contribution in [0.4, 0.5) is 0 Å². The van der Waals surface area contributed by atoms with E-state index >= 15 is 0 Å². The van der Waals surface area contributed by atoms with Gasteiger partial charge in [0.15, 0.2) is 0 Å². The minimum Gasteiger partial charge on any atom is -0.396 e. The third-order valence-electron chi connectivity index (χ3n) is 3.33. The van der Waals surface area contributed by atoms with Crippen LogP contribution in [0.25, 0.3) is 0 Å². The monoisotopic (exact) mass is 253 g/mol. The molecule has 4 heteroatoms. The van der Waals surface area contributed by atoms with Crippen LogP contribution >= 0.6 is 11.3 Å². The summed E-state index contributed by atoms with van der Waals surface area (Å²) in [4.78, 5) is 15.0. The van der Waals surface area contributed by atoms with Gasteiger partial charge in [-0.05, 0) is 22.9 Å². The lowest BCUT2D eigenvalue weighted by molar-refractivity contribution is -0.0150. The van der Waals surface area contributed by atoms with Crippen molar-refractivity contribution in [1.82, 2.24) is 4.90 Å². The average Bonchev–Trinajstić information content (AvgIpc) is 2.72. The second-order valence-corrected chi connectivity index (χ2v) is 6.41. The molecule has 1 aliphatic heterocycles. The van der Waals surface area contributed by atoms with Crippen molar-refractivity contribution < 1.29 is 9.90 Å². The Morgan fingerprint density at radius 3 is 2.76 bits per heavy atom. The van der Waals surface area contributed by atoms with E-state index in [1.807, 2.05) is 23.3 Å². The Morgan fingerprint density at radius 2 is 2.24 bits per heavy atom. The summed E-state index contributed by atoms with van der Waals surface area (Å²) in [7, 11) is 0. The SMILES string of the molecule is CC(C)c1ccsc1C(=O)N1CC(C)(CO)C1. The van der Waals surface area contributed by atoms with Gasteiger partial charge in [-0.3, -0.25) is 4.79 Å². The maximum Gasteiger partial charge on any atom is 0.264 e. The standard InChI is InChI=1S/C13H19NO2S/c1-9(2)10-4-5-17-11(10)12(16)14-6-13(3,7-14)8-15/h4-5,9,15H,6-8H2,1-3H3. The number of likely N-dealkylation sites (tertiary alicyclic amines) is 1. The summed E-state index contributed by atoms with van der Waals surface area (Å²) in [5.41, 5.74) is 1.04. The summed E-state index contributed by atoms with van der Waals surface area (Å²) >= 11 is 1.52. The Kier molecular flexibility index (Phi) is 3.27. The molecule has 3 nitrogen and oxygen atoms in total. The molecule has 1 aliphatic rings. The molecule has 1 fully saturated rings. The fourth-order valence-electron chi connectivity index (χ4n) is 2.21. The molecule has 17 heavy (non-hydrogen) atoms. The zero-order valence-corrected chi connectivity index (χ0v) is 11.4. The predicted molar refractivity (Wildman–Crippen MR) is 69.5 cm³/mol. The third-order valence-corrected chi connectivity index (χ3v) is 4.24. The molecule has 1 N–H and O–H groups in total. The minimum absolute atomic E-state index is 0.0923. The molecule has 1 saturated heterocycles. The van der Waals surface area contributed by atoms with Gasteiger partial charge in [-0.2, -0.15) is 0 Å². The normalized spacial score (nSPS) is 18.3. The van der Waals surface area contributed by atoms with Gasteiger partial charge in [0.25, 0.3) is 5.91 Å². The van der Waals surface area contributed by atoms with E-state index in [0.29, 0.717) is 19.0 Å². The van der Waals surface area contributed by atoms with Gasteiger partial charge < -0.3 is 10.0 Å². The summed E-state index contributed by atoms with van der Waals surface area (Å²) in [5, 5.41) is 11.2. The summed E-state index contributed by atoms with van der Waals surface area (Å²) in [5.74, 6) is 0.500. The second-order valence-electron chi connectivity index (χ2n) is 5.49. The van der Waals surface area contributed by atoms with Gasteiger partial charge >= 0.3 is 0 Å². The average molecular weight is 253 g/mol. The first-order valence-electron chi connectivity index (χ1n) is 5.94.